The minimum atomic E-state index is -0.896. The molecule has 84 valence electrons. The maximum atomic E-state index is 11.5. The van der Waals surface area contributed by atoms with E-state index in [2.05, 4.69) is 4.74 Å². The number of allylic oxidation sites excluding steroid dienone is 1. The monoisotopic (exact) mass is 220 g/mol. The number of aliphatic hydroxyl groups excluding tert-OH is 1. The fourth-order valence-corrected chi connectivity index (χ4v) is 1.07. The molecule has 0 heterocycles. The van der Waals surface area contributed by atoms with Gasteiger partial charge in [0.15, 0.2) is 5.78 Å². The zero-order valence-electron chi connectivity index (χ0n) is 8.84. The molecule has 0 bridgehead atoms. The maximum Gasteiger partial charge on any atom is 0.373 e. The first-order chi connectivity index (χ1) is 7.65. The van der Waals surface area contributed by atoms with E-state index in [-0.39, 0.29) is 6.61 Å². The number of benzene rings is 1. The van der Waals surface area contributed by atoms with E-state index in [1.807, 2.05) is 0 Å². The zero-order chi connectivity index (χ0) is 12.0. The molecule has 0 aliphatic heterocycles. The Hall–Kier alpha value is -2.10. The molecule has 1 N–H and O–H groups in total. The molecule has 0 spiro atoms. The van der Waals surface area contributed by atoms with E-state index in [0.717, 1.165) is 6.08 Å². The van der Waals surface area contributed by atoms with Crippen LogP contribution in [0.25, 0.3) is 0 Å². The standard InChI is InChI=1S/C12H12O4/c1-2-16-12(15)11(14)8-10(13)9-6-4-3-5-7-9/h3-8,14H,2H2,1H3/b11-8-. The highest BCUT2D eigenvalue weighted by atomic mass is 16.5. The van der Waals surface area contributed by atoms with Crippen LogP contribution in [0.1, 0.15) is 17.3 Å². The van der Waals surface area contributed by atoms with E-state index < -0.39 is 17.5 Å². The maximum absolute atomic E-state index is 11.5. The highest BCUT2D eigenvalue weighted by molar-refractivity contribution is 6.07. The highest BCUT2D eigenvalue weighted by Crippen LogP contribution is 2.03. The predicted molar refractivity (Wildman–Crippen MR) is 58.1 cm³/mol. The Morgan fingerprint density at radius 3 is 2.50 bits per heavy atom. The highest BCUT2D eigenvalue weighted by Gasteiger charge is 2.11. The Labute approximate surface area is 93.2 Å². The van der Waals surface area contributed by atoms with Crippen molar-refractivity contribution in [2.75, 3.05) is 6.61 Å². The first-order valence-corrected chi connectivity index (χ1v) is 4.82. The molecule has 0 radical (unpaired) electrons. The lowest BCUT2D eigenvalue weighted by molar-refractivity contribution is -0.141. The van der Waals surface area contributed by atoms with Crippen LogP contribution < -0.4 is 0 Å². The van der Waals surface area contributed by atoms with Gasteiger partial charge in [0.2, 0.25) is 5.76 Å². The second kappa shape index (κ2) is 5.70. The number of aliphatic hydroxyl groups is 1. The summed E-state index contributed by atoms with van der Waals surface area (Å²) in [5.41, 5.74) is 0.401. The van der Waals surface area contributed by atoms with Crippen molar-refractivity contribution in [3.8, 4) is 0 Å². The average molecular weight is 220 g/mol. The molecule has 4 nitrogen and oxygen atoms in total. The molecular weight excluding hydrogens is 208 g/mol. The van der Waals surface area contributed by atoms with Gasteiger partial charge in [-0.2, -0.15) is 0 Å². The number of esters is 1. The third-order valence-electron chi connectivity index (χ3n) is 1.81. The van der Waals surface area contributed by atoms with Crippen LogP contribution in [-0.4, -0.2) is 23.5 Å². The SMILES string of the molecule is CCOC(=O)/C(O)=C/C(=O)c1ccccc1. The van der Waals surface area contributed by atoms with E-state index in [1.165, 1.54) is 0 Å². The predicted octanol–water partition coefficient (Wildman–Crippen LogP) is 1.87. The molecule has 0 aliphatic rings. The summed E-state index contributed by atoms with van der Waals surface area (Å²) >= 11 is 0. The fraction of sp³-hybridized carbons (Fsp3) is 0.167. The zero-order valence-corrected chi connectivity index (χ0v) is 8.84. The van der Waals surface area contributed by atoms with E-state index in [0.29, 0.717) is 5.56 Å². The molecule has 4 heteroatoms. The van der Waals surface area contributed by atoms with Crippen molar-refractivity contribution in [2.45, 2.75) is 6.92 Å². The van der Waals surface area contributed by atoms with Gasteiger partial charge in [-0.25, -0.2) is 4.79 Å². The summed E-state index contributed by atoms with van der Waals surface area (Å²) in [6.45, 7) is 1.76. The van der Waals surface area contributed by atoms with Crippen molar-refractivity contribution in [2.24, 2.45) is 0 Å². The van der Waals surface area contributed by atoms with E-state index in [9.17, 15) is 14.7 Å². The largest absolute Gasteiger partial charge is 0.502 e. The van der Waals surface area contributed by atoms with Gasteiger partial charge in [-0.3, -0.25) is 4.79 Å². The number of ether oxygens (including phenoxy) is 1. The van der Waals surface area contributed by atoms with Gasteiger partial charge in [0, 0.05) is 11.6 Å². The summed E-state index contributed by atoms with van der Waals surface area (Å²) < 4.78 is 4.53. The molecule has 1 aromatic rings. The third-order valence-corrected chi connectivity index (χ3v) is 1.81. The number of hydrogen-bond acceptors (Lipinski definition) is 4. The van der Waals surface area contributed by atoms with Crippen LogP contribution in [0.5, 0.6) is 0 Å². The first kappa shape index (κ1) is 12.0. The third kappa shape index (κ3) is 3.24. The van der Waals surface area contributed by atoms with Crippen LogP contribution in [-0.2, 0) is 9.53 Å². The summed E-state index contributed by atoms with van der Waals surface area (Å²) in [7, 11) is 0. The summed E-state index contributed by atoms with van der Waals surface area (Å²) in [6, 6.07) is 8.35. The number of carbonyl (C=O) groups is 2. The summed E-state index contributed by atoms with van der Waals surface area (Å²) in [5, 5.41) is 9.25. The van der Waals surface area contributed by atoms with Gasteiger partial charge in [0.05, 0.1) is 6.61 Å². The van der Waals surface area contributed by atoms with Gasteiger partial charge in [0.1, 0.15) is 0 Å². The van der Waals surface area contributed by atoms with Gasteiger partial charge in [-0.1, -0.05) is 30.3 Å². The first-order valence-electron chi connectivity index (χ1n) is 4.82. The van der Waals surface area contributed by atoms with E-state index in [1.54, 1.807) is 37.3 Å². The lowest BCUT2D eigenvalue weighted by atomic mass is 10.1. The quantitative estimate of drug-likeness (QED) is 0.364. The second-order valence-electron chi connectivity index (χ2n) is 2.98. The van der Waals surface area contributed by atoms with Crippen molar-refractivity contribution in [3.05, 3.63) is 47.7 Å². The second-order valence-corrected chi connectivity index (χ2v) is 2.98. The molecule has 0 saturated heterocycles. The molecule has 1 aromatic carbocycles. The molecule has 0 saturated carbocycles. The van der Waals surface area contributed by atoms with Crippen LogP contribution in [0.2, 0.25) is 0 Å². The van der Waals surface area contributed by atoms with Gasteiger partial charge in [0.25, 0.3) is 0 Å². The van der Waals surface area contributed by atoms with Crippen molar-refractivity contribution in [1.29, 1.82) is 0 Å². The van der Waals surface area contributed by atoms with E-state index in [4.69, 9.17) is 0 Å². The van der Waals surface area contributed by atoms with Gasteiger partial charge in [-0.05, 0) is 6.92 Å². The van der Waals surface area contributed by atoms with Crippen molar-refractivity contribution in [3.63, 3.8) is 0 Å². The van der Waals surface area contributed by atoms with Gasteiger partial charge in [-0.15, -0.1) is 0 Å². The molecule has 1 rings (SSSR count). The molecule has 0 aromatic heterocycles. The lowest BCUT2D eigenvalue weighted by Gasteiger charge is -1.99. The lowest BCUT2D eigenvalue weighted by Crippen LogP contribution is -2.09. The van der Waals surface area contributed by atoms with E-state index >= 15 is 0 Å². The number of rotatable bonds is 4. The van der Waals surface area contributed by atoms with Crippen LogP contribution in [0, 0.1) is 0 Å². The molecule has 0 fully saturated rings. The van der Waals surface area contributed by atoms with Crippen LogP contribution in [0.3, 0.4) is 0 Å². The molecule has 0 aliphatic carbocycles. The van der Waals surface area contributed by atoms with Gasteiger partial charge < -0.3 is 9.84 Å². The van der Waals surface area contributed by atoms with Crippen LogP contribution in [0.4, 0.5) is 0 Å². The molecule has 0 unspecified atom stereocenters. The molecular formula is C12H12O4. The average Bonchev–Trinajstić information content (AvgIpc) is 2.30. The van der Waals surface area contributed by atoms with Crippen molar-refractivity contribution < 1.29 is 19.4 Å². The summed E-state index contributed by atoms with van der Waals surface area (Å²) in [5.74, 6) is -2.02. The Bertz CT molecular complexity index is 406. The normalized spacial score (nSPS) is 10.9. The number of carbonyl (C=O) groups excluding carboxylic acids is 2. The summed E-state index contributed by atoms with van der Waals surface area (Å²) in [6.07, 6.45) is 0.854. The summed E-state index contributed by atoms with van der Waals surface area (Å²) in [4.78, 5) is 22.5. The fourth-order valence-electron chi connectivity index (χ4n) is 1.07. The molecule has 0 amide bonds. The smallest absolute Gasteiger partial charge is 0.373 e. The number of hydrogen-bond donors (Lipinski definition) is 1. The minimum Gasteiger partial charge on any atom is -0.502 e. The van der Waals surface area contributed by atoms with Gasteiger partial charge >= 0.3 is 5.97 Å². The molecule has 16 heavy (non-hydrogen) atoms. The van der Waals surface area contributed by atoms with Crippen LogP contribution >= 0.6 is 0 Å². The molecule has 0 atom stereocenters. The van der Waals surface area contributed by atoms with Crippen LogP contribution in [0.15, 0.2) is 42.2 Å². The van der Waals surface area contributed by atoms with Crippen molar-refractivity contribution in [1.82, 2.24) is 0 Å². The topological polar surface area (TPSA) is 63.6 Å². The number of ketones is 1. The van der Waals surface area contributed by atoms with Crippen molar-refractivity contribution >= 4 is 11.8 Å². The Morgan fingerprint density at radius 1 is 1.31 bits per heavy atom. The Morgan fingerprint density at radius 2 is 1.94 bits per heavy atom. The minimum absolute atomic E-state index is 0.149. The Balaban J connectivity index is 2.77. The Kier molecular flexibility index (Phi) is 4.27.